The Morgan fingerprint density at radius 1 is 0.846 bits per heavy atom. The largest absolute Gasteiger partial charge is 0.489 e. The molecule has 1 aromatic heterocycles. The molecule has 0 amide bonds. The highest BCUT2D eigenvalue weighted by Crippen LogP contribution is 2.27. The van der Waals surface area contributed by atoms with E-state index in [4.69, 9.17) is 48.7 Å². The Kier molecular flexibility index (Phi) is 8.03. The summed E-state index contributed by atoms with van der Waals surface area (Å²) < 4.78 is 16.8. The van der Waals surface area contributed by atoms with E-state index in [9.17, 15) is 9.59 Å². The minimum absolute atomic E-state index is 0.196. The van der Waals surface area contributed by atoms with Crippen molar-refractivity contribution < 1.29 is 18.7 Å². The lowest BCUT2D eigenvalue weighted by molar-refractivity contribution is -0.128. The van der Waals surface area contributed by atoms with Gasteiger partial charge in [0.1, 0.15) is 30.0 Å². The van der Waals surface area contributed by atoms with Gasteiger partial charge in [0.25, 0.3) is 0 Å². The lowest BCUT2D eigenvalue weighted by Gasteiger charge is -2.09. The number of esters is 1. The molecule has 8 heteroatoms. The average Bonchev–Trinajstić information content (AvgIpc) is 2.93. The first-order valence-corrected chi connectivity index (χ1v) is 12.9. The molecule has 0 atom stereocenters. The van der Waals surface area contributed by atoms with E-state index < -0.39 is 5.97 Å². The molecule has 0 spiro atoms. The van der Waals surface area contributed by atoms with E-state index in [0.29, 0.717) is 48.5 Å². The van der Waals surface area contributed by atoms with Gasteiger partial charge < -0.3 is 13.9 Å². The summed E-state index contributed by atoms with van der Waals surface area (Å²) in [6, 6.07) is 24.0. The van der Waals surface area contributed by atoms with Crippen LogP contribution < -0.4 is 14.9 Å². The first-order chi connectivity index (χ1) is 18.9. The summed E-state index contributed by atoms with van der Waals surface area (Å²) in [6.45, 7) is 0.230. The van der Waals surface area contributed by atoms with Crippen molar-refractivity contribution in [3.05, 3.63) is 134 Å². The van der Waals surface area contributed by atoms with Crippen LogP contribution in [0.1, 0.15) is 11.1 Å². The Balaban J connectivity index is 1.22. The summed E-state index contributed by atoms with van der Waals surface area (Å²) in [5.41, 5.74) is 2.70. The van der Waals surface area contributed by atoms with Crippen molar-refractivity contribution >= 4 is 57.8 Å². The normalized spacial score (nSPS) is 11.2. The van der Waals surface area contributed by atoms with Gasteiger partial charge in [-0.1, -0.05) is 65.1 Å². The maximum atomic E-state index is 12.9. The molecule has 0 fully saturated rings. The highest BCUT2D eigenvalue weighted by molar-refractivity contribution is 6.36. The summed E-state index contributed by atoms with van der Waals surface area (Å²) in [5.74, 6) is 0.298. The van der Waals surface area contributed by atoms with Crippen LogP contribution in [0.2, 0.25) is 15.1 Å². The van der Waals surface area contributed by atoms with Crippen molar-refractivity contribution in [3.8, 4) is 22.6 Å². The molecule has 0 saturated carbocycles. The summed E-state index contributed by atoms with van der Waals surface area (Å²) in [7, 11) is 0. The van der Waals surface area contributed by atoms with Crippen LogP contribution in [0.4, 0.5) is 0 Å². The topological polar surface area (TPSA) is 65.7 Å². The minimum atomic E-state index is -0.580. The third kappa shape index (κ3) is 6.35. The fourth-order valence-electron chi connectivity index (χ4n) is 3.82. The number of halogens is 3. The van der Waals surface area contributed by atoms with Gasteiger partial charge in [-0.25, -0.2) is 4.79 Å². The molecule has 194 valence electrons. The Morgan fingerprint density at radius 2 is 1.54 bits per heavy atom. The smallest absolute Gasteiger partial charge is 0.336 e. The lowest BCUT2D eigenvalue weighted by Crippen LogP contribution is -2.06. The number of hydrogen-bond donors (Lipinski definition) is 0. The molecule has 0 N–H and O–H groups in total. The van der Waals surface area contributed by atoms with Crippen LogP contribution in [-0.2, 0) is 11.4 Å². The van der Waals surface area contributed by atoms with Gasteiger partial charge in [-0.2, -0.15) is 0 Å². The second-order valence-electron chi connectivity index (χ2n) is 8.46. The highest BCUT2D eigenvalue weighted by Gasteiger charge is 2.11. The summed E-state index contributed by atoms with van der Waals surface area (Å²) in [5, 5.41) is 2.02. The van der Waals surface area contributed by atoms with Crippen LogP contribution in [0.15, 0.2) is 106 Å². The van der Waals surface area contributed by atoms with Gasteiger partial charge in [0, 0.05) is 32.8 Å². The maximum absolute atomic E-state index is 12.9. The van der Waals surface area contributed by atoms with Gasteiger partial charge in [0.15, 0.2) is 5.43 Å². The zero-order valence-corrected chi connectivity index (χ0v) is 22.5. The van der Waals surface area contributed by atoms with Crippen molar-refractivity contribution in [2.75, 3.05) is 0 Å². The van der Waals surface area contributed by atoms with Gasteiger partial charge in [-0.05, 0) is 65.7 Å². The molecule has 1 heterocycles. The molecule has 0 bridgehead atoms. The van der Waals surface area contributed by atoms with Gasteiger partial charge in [-0.3, -0.25) is 4.79 Å². The number of fused-ring (bicyclic) bond motifs is 1. The molecule has 39 heavy (non-hydrogen) atoms. The van der Waals surface area contributed by atoms with Gasteiger partial charge in [-0.15, -0.1) is 0 Å². The number of ether oxygens (including phenoxy) is 2. The van der Waals surface area contributed by atoms with Gasteiger partial charge in [0.05, 0.1) is 10.9 Å². The summed E-state index contributed by atoms with van der Waals surface area (Å²) in [6.07, 6.45) is 4.32. The predicted octanol–water partition coefficient (Wildman–Crippen LogP) is 8.62. The van der Waals surface area contributed by atoms with E-state index in [2.05, 4.69) is 0 Å². The van der Waals surface area contributed by atoms with Crippen molar-refractivity contribution in [1.29, 1.82) is 0 Å². The van der Waals surface area contributed by atoms with E-state index in [1.54, 1.807) is 84.9 Å². The van der Waals surface area contributed by atoms with Crippen LogP contribution in [0, 0.1) is 0 Å². The number of carbonyl (C=O) groups is 1. The van der Waals surface area contributed by atoms with Crippen molar-refractivity contribution in [1.82, 2.24) is 0 Å². The number of benzene rings is 4. The highest BCUT2D eigenvalue weighted by atomic mass is 35.5. The van der Waals surface area contributed by atoms with Crippen LogP contribution in [0.5, 0.6) is 11.5 Å². The molecule has 5 nitrogen and oxygen atoms in total. The molecule has 0 saturated heterocycles. The molecule has 0 aliphatic heterocycles. The van der Waals surface area contributed by atoms with E-state index in [0.717, 1.165) is 5.56 Å². The number of hydrogen-bond acceptors (Lipinski definition) is 5. The van der Waals surface area contributed by atoms with Gasteiger partial charge in [0.2, 0.25) is 0 Å². The Labute approximate surface area is 238 Å². The van der Waals surface area contributed by atoms with E-state index in [-0.39, 0.29) is 17.8 Å². The molecule has 0 aliphatic carbocycles. The van der Waals surface area contributed by atoms with Crippen LogP contribution >= 0.6 is 34.8 Å². The van der Waals surface area contributed by atoms with Gasteiger partial charge >= 0.3 is 5.97 Å². The molecule has 0 aliphatic rings. The third-order valence-corrected chi connectivity index (χ3v) is 6.82. The van der Waals surface area contributed by atoms with Crippen LogP contribution in [-0.4, -0.2) is 5.97 Å². The molecular formula is C31H19Cl3O5. The molecule has 5 aromatic rings. The fourth-order valence-corrected chi connectivity index (χ4v) is 4.45. The first-order valence-electron chi connectivity index (χ1n) is 11.7. The van der Waals surface area contributed by atoms with Crippen molar-refractivity contribution in [2.24, 2.45) is 0 Å². The quantitative estimate of drug-likeness (QED) is 0.110. The van der Waals surface area contributed by atoms with E-state index in [1.807, 2.05) is 0 Å². The maximum Gasteiger partial charge on any atom is 0.336 e. The van der Waals surface area contributed by atoms with E-state index >= 15 is 0 Å². The Morgan fingerprint density at radius 3 is 2.26 bits per heavy atom. The lowest BCUT2D eigenvalue weighted by atomic mass is 10.1. The monoisotopic (exact) mass is 576 g/mol. The molecule has 0 radical (unpaired) electrons. The zero-order chi connectivity index (χ0) is 27.4. The van der Waals surface area contributed by atoms with E-state index in [1.165, 1.54) is 18.4 Å². The molecular weight excluding hydrogens is 559 g/mol. The predicted molar refractivity (Wildman–Crippen MR) is 155 cm³/mol. The second-order valence-corrected chi connectivity index (χ2v) is 9.71. The second kappa shape index (κ2) is 11.8. The average molecular weight is 578 g/mol. The molecule has 0 unspecified atom stereocenters. The van der Waals surface area contributed by atoms with Crippen molar-refractivity contribution in [2.45, 2.75) is 6.61 Å². The zero-order valence-electron chi connectivity index (χ0n) is 20.2. The summed E-state index contributed by atoms with van der Waals surface area (Å²) >= 11 is 18.3. The van der Waals surface area contributed by atoms with Crippen LogP contribution in [0.25, 0.3) is 28.2 Å². The first kappa shape index (κ1) is 26.6. The standard InChI is InChI=1S/C31H19Cl3O5/c32-21-9-7-20(8-10-21)25-17-38-29-16-23(13-14-24(29)31(25)36)39-30(35)15-6-19-4-11-22(12-5-19)37-18-26-27(33)2-1-3-28(26)34/h1-17H,18H2/b15-6+. The fraction of sp³-hybridized carbons (Fsp3) is 0.0323. The molecule has 4 aromatic carbocycles. The Bertz CT molecular complexity index is 1720. The number of carbonyl (C=O) groups excluding carboxylic acids is 1. The number of rotatable bonds is 7. The summed E-state index contributed by atoms with van der Waals surface area (Å²) in [4.78, 5) is 25.3. The molecule has 5 rings (SSSR count). The SMILES string of the molecule is O=C(/C=C/c1ccc(OCc2c(Cl)cccc2Cl)cc1)Oc1ccc2c(=O)c(-c3ccc(Cl)cc3)coc2c1. The minimum Gasteiger partial charge on any atom is -0.489 e. The van der Waals surface area contributed by atoms with Crippen molar-refractivity contribution in [3.63, 3.8) is 0 Å². The van der Waals surface area contributed by atoms with Crippen LogP contribution in [0.3, 0.4) is 0 Å². The Hall–Kier alpha value is -4.03. The third-order valence-electron chi connectivity index (χ3n) is 5.86.